The Balaban J connectivity index is 2.31. The summed E-state index contributed by atoms with van der Waals surface area (Å²) in [5.41, 5.74) is 1.87. The largest absolute Gasteiger partial charge is 0.368 e. The van der Waals surface area contributed by atoms with Crippen LogP contribution in [0, 0.1) is 11.3 Å². The highest BCUT2D eigenvalue weighted by Gasteiger charge is 2.28. The molecule has 1 aliphatic heterocycles. The Morgan fingerprint density at radius 2 is 2.11 bits per heavy atom. The van der Waals surface area contributed by atoms with Crippen LogP contribution in [0.3, 0.4) is 0 Å². The normalized spacial score (nSPS) is 13.2. The van der Waals surface area contributed by atoms with Crippen molar-refractivity contribution >= 4 is 23.1 Å². The Hall–Kier alpha value is -2.35. The van der Waals surface area contributed by atoms with Crippen LogP contribution in [0.15, 0.2) is 18.2 Å². The lowest BCUT2D eigenvalue weighted by Gasteiger charge is -2.28. The molecule has 2 rings (SSSR count). The number of amides is 1. The number of benzene rings is 1. The molecule has 0 radical (unpaired) electrons. The number of carbonyl (C=O) groups is 2. The van der Waals surface area contributed by atoms with Crippen molar-refractivity contribution in [2.45, 2.75) is 26.3 Å². The first-order valence-corrected chi connectivity index (χ1v) is 6.18. The molecule has 0 saturated heterocycles. The summed E-state index contributed by atoms with van der Waals surface area (Å²) in [7, 11) is 0. The third-order valence-corrected chi connectivity index (χ3v) is 3.12. The minimum Gasteiger partial charge on any atom is -0.368 e. The van der Waals surface area contributed by atoms with Crippen molar-refractivity contribution < 1.29 is 9.59 Å². The smallest absolute Gasteiger partial charge is 0.296 e. The van der Waals surface area contributed by atoms with Gasteiger partial charge in [-0.2, -0.15) is 5.26 Å². The summed E-state index contributed by atoms with van der Waals surface area (Å²) in [6.07, 6.45) is 0.431. The molecule has 5 nitrogen and oxygen atoms in total. The Kier molecular flexibility index (Phi) is 3.52. The zero-order valence-corrected chi connectivity index (χ0v) is 10.9. The maximum absolute atomic E-state index is 11.5. The van der Waals surface area contributed by atoms with Gasteiger partial charge in [0.2, 0.25) is 0 Å². The van der Waals surface area contributed by atoms with E-state index in [1.165, 1.54) is 0 Å². The van der Waals surface area contributed by atoms with Gasteiger partial charge < -0.3 is 10.2 Å². The highest BCUT2D eigenvalue weighted by Crippen LogP contribution is 2.29. The maximum Gasteiger partial charge on any atom is 0.296 e. The lowest BCUT2D eigenvalue weighted by molar-refractivity contribution is -0.112. The number of nitriles is 1. The zero-order valence-electron chi connectivity index (χ0n) is 10.9. The number of fused-ring (bicyclic) bond motifs is 1. The van der Waals surface area contributed by atoms with Gasteiger partial charge in [-0.25, -0.2) is 0 Å². The van der Waals surface area contributed by atoms with Crippen LogP contribution < -0.4 is 10.2 Å². The molecule has 0 saturated carbocycles. The molecule has 1 N–H and O–H groups in total. The summed E-state index contributed by atoms with van der Waals surface area (Å²) in [6.45, 7) is 4.69. The van der Waals surface area contributed by atoms with E-state index in [0.717, 1.165) is 5.69 Å². The Labute approximate surface area is 111 Å². The van der Waals surface area contributed by atoms with Crippen LogP contribution in [-0.4, -0.2) is 24.3 Å². The number of Topliss-reactive ketones (excluding diaryl/α,β-unsaturated/α-hetero) is 1. The lowest BCUT2D eigenvalue weighted by atomic mass is 10.1. The average Bonchev–Trinajstić information content (AvgIpc) is 2.65. The predicted molar refractivity (Wildman–Crippen MR) is 72.1 cm³/mol. The number of carbonyl (C=O) groups excluding carboxylic acids is 2. The van der Waals surface area contributed by atoms with Crippen LogP contribution in [0.5, 0.6) is 0 Å². The molecule has 0 aromatic heterocycles. The van der Waals surface area contributed by atoms with Gasteiger partial charge in [-0.1, -0.05) is 0 Å². The van der Waals surface area contributed by atoms with Gasteiger partial charge in [0, 0.05) is 18.3 Å². The van der Waals surface area contributed by atoms with E-state index in [9.17, 15) is 9.59 Å². The van der Waals surface area contributed by atoms with Gasteiger partial charge in [-0.3, -0.25) is 9.59 Å². The average molecular weight is 257 g/mol. The van der Waals surface area contributed by atoms with E-state index in [1.54, 1.807) is 12.1 Å². The van der Waals surface area contributed by atoms with E-state index >= 15 is 0 Å². The molecule has 1 heterocycles. The van der Waals surface area contributed by atoms with Gasteiger partial charge >= 0.3 is 0 Å². The number of hydrogen-bond donors (Lipinski definition) is 1. The van der Waals surface area contributed by atoms with E-state index in [1.807, 2.05) is 19.9 Å². The second-order valence-electron chi connectivity index (χ2n) is 4.71. The van der Waals surface area contributed by atoms with Crippen LogP contribution in [0.1, 0.15) is 30.6 Å². The Bertz CT molecular complexity index is 573. The SMILES string of the molecule is CC(C)N(CCC#N)c1ccc2c(c1)NC(=O)C2=O. The quantitative estimate of drug-likeness (QED) is 0.837. The van der Waals surface area contributed by atoms with Crippen molar-refractivity contribution in [2.24, 2.45) is 0 Å². The monoisotopic (exact) mass is 257 g/mol. The summed E-state index contributed by atoms with van der Waals surface area (Å²) in [5, 5.41) is 11.2. The first kappa shape index (κ1) is 13.1. The van der Waals surface area contributed by atoms with Gasteiger partial charge in [-0.15, -0.1) is 0 Å². The summed E-state index contributed by atoms with van der Waals surface area (Å²) < 4.78 is 0. The number of anilines is 2. The molecular weight excluding hydrogens is 242 g/mol. The van der Waals surface area contributed by atoms with E-state index < -0.39 is 11.7 Å². The molecule has 0 unspecified atom stereocenters. The van der Waals surface area contributed by atoms with Gasteiger partial charge in [0.1, 0.15) is 0 Å². The van der Waals surface area contributed by atoms with Crippen molar-refractivity contribution in [1.82, 2.24) is 0 Å². The molecule has 1 aromatic carbocycles. The van der Waals surface area contributed by atoms with Crippen molar-refractivity contribution in [1.29, 1.82) is 5.26 Å². The number of nitrogens with one attached hydrogen (secondary N) is 1. The van der Waals surface area contributed by atoms with E-state index in [2.05, 4.69) is 16.3 Å². The summed E-state index contributed by atoms with van der Waals surface area (Å²) in [6, 6.07) is 7.62. The van der Waals surface area contributed by atoms with Crippen molar-refractivity contribution in [3.8, 4) is 6.07 Å². The Morgan fingerprint density at radius 1 is 1.37 bits per heavy atom. The predicted octanol–water partition coefficient (Wildman–Crippen LogP) is 1.95. The minimum atomic E-state index is -0.583. The topological polar surface area (TPSA) is 73.2 Å². The fourth-order valence-corrected chi connectivity index (χ4v) is 2.17. The minimum absolute atomic E-state index is 0.235. The molecule has 1 aromatic rings. The standard InChI is InChI=1S/C14H15N3O2/c1-9(2)17(7-3-6-15)10-4-5-11-12(8-10)16-14(19)13(11)18/h4-5,8-9H,3,7H2,1-2H3,(H,16,18,19). The molecule has 98 valence electrons. The third kappa shape index (κ3) is 2.43. The Morgan fingerprint density at radius 3 is 2.74 bits per heavy atom. The first-order valence-electron chi connectivity index (χ1n) is 6.18. The molecule has 0 bridgehead atoms. The van der Waals surface area contributed by atoms with E-state index in [4.69, 9.17) is 5.26 Å². The van der Waals surface area contributed by atoms with Gasteiger partial charge in [0.25, 0.3) is 11.7 Å². The fourth-order valence-electron chi connectivity index (χ4n) is 2.17. The van der Waals surface area contributed by atoms with Gasteiger partial charge in [-0.05, 0) is 32.0 Å². The molecule has 19 heavy (non-hydrogen) atoms. The second kappa shape index (κ2) is 5.11. The summed E-state index contributed by atoms with van der Waals surface area (Å²) in [5.74, 6) is -1.07. The highest BCUT2D eigenvalue weighted by atomic mass is 16.2. The van der Waals surface area contributed by atoms with Crippen LogP contribution >= 0.6 is 0 Å². The first-order chi connectivity index (χ1) is 9.04. The maximum atomic E-state index is 11.5. The van der Waals surface area contributed by atoms with Crippen molar-refractivity contribution in [3.05, 3.63) is 23.8 Å². The molecule has 5 heteroatoms. The summed E-state index contributed by atoms with van der Waals surface area (Å²) in [4.78, 5) is 24.9. The molecule has 1 aliphatic rings. The zero-order chi connectivity index (χ0) is 14.0. The molecule has 0 aliphatic carbocycles. The molecular formula is C14H15N3O2. The van der Waals surface area contributed by atoms with Crippen LogP contribution in [-0.2, 0) is 4.79 Å². The summed E-state index contributed by atoms with van der Waals surface area (Å²) >= 11 is 0. The number of rotatable bonds is 4. The lowest BCUT2D eigenvalue weighted by Crippen LogP contribution is -2.31. The van der Waals surface area contributed by atoms with Crippen LogP contribution in [0.4, 0.5) is 11.4 Å². The van der Waals surface area contributed by atoms with Crippen LogP contribution in [0.25, 0.3) is 0 Å². The fraction of sp³-hybridized carbons (Fsp3) is 0.357. The third-order valence-electron chi connectivity index (χ3n) is 3.12. The van der Waals surface area contributed by atoms with Crippen molar-refractivity contribution in [2.75, 3.05) is 16.8 Å². The number of ketones is 1. The van der Waals surface area contributed by atoms with E-state index in [0.29, 0.717) is 24.2 Å². The second-order valence-corrected chi connectivity index (χ2v) is 4.71. The van der Waals surface area contributed by atoms with E-state index in [-0.39, 0.29) is 6.04 Å². The number of hydrogen-bond acceptors (Lipinski definition) is 4. The highest BCUT2D eigenvalue weighted by molar-refractivity contribution is 6.51. The molecule has 0 atom stereocenters. The van der Waals surface area contributed by atoms with Gasteiger partial charge in [0.15, 0.2) is 0 Å². The van der Waals surface area contributed by atoms with Crippen molar-refractivity contribution in [3.63, 3.8) is 0 Å². The molecule has 0 fully saturated rings. The van der Waals surface area contributed by atoms with Gasteiger partial charge in [0.05, 0.1) is 23.7 Å². The van der Waals surface area contributed by atoms with Crippen LogP contribution in [0.2, 0.25) is 0 Å². The molecule has 1 amide bonds. The molecule has 0 spiro atoms. The number of nitrogens with zero attached hydrogens (tertiary/aromatic N) is 2.